The Hall–Kier alpha value is -1.54. The second kappa shape index (κ2) is 9.10. The zero-order valence-electron chi connectivity index (χ0n) is 16.0. The summed E-state index contributed by atoms with van der Waals surface area (Å²) >= 11 is 0. The Balaban J connectivity index is 1.42. The first-order valence-corrected chi connectivity index (χ1v) is 10.2. The number of ether oxygens (including phenoxy) is 2. The van der Waals surface area contributed by atoms with Crippen LogP contribution in [0.2, 0.25) is 0 Å². The monoisotopic (exact) mass is 374 g/mol. The van der Waals surface area contributed by atoms with Crippen molar-refractivity contribution in [2.45, 2.75) is 24.9 Å². The number of rotatable bonds is 4. The van der Waals surface area contributed by atoms with E-state index in [1.165, 1.54) is 0 Å². The lowest BCUT2D eigenvalue weighted by Crippen LogP contribution is -2.55. The highest BCUT2D eigenvalue weighted by molar-refractivity contribution is 5.83. The highest BCUT2D eigenvalue weighted by Gasteiger charge is 2.35. The predicted octanol–water partition coefficient (Wildman–Crippen LogP) is 0.778. The molecule has 3 aliphatic rings. The van der Waals surface area contributed by atoms with Crippen molar-refractivity contribution in [3.63, 3.8) is 0 Å². The van der Waals surface area contributed by atoms with Crippen molar-refractivity contribution in [2.24, 2.45) is 0 Å². The molecule has 1 aromatic rings. The van der Waals surface area contributed by atoms with Gasteiger partial charge in [-0.05, 0) is 24.5 Å². The van der Waals surface area contributed by atoms with Gasteiger partial charge in [0.05, 0.1) is 13.2 Å². The van der Waals surface area contributed by atoms with Crippen molar-refractivity contribution >= 4 is 5.91 Å². The van der Waals surface area contributed by atoms with E-state index in [-0.39, 0.29) is 11.9 Å². The molecule has 0 spiro atoms. The molecule has 3 fully saturated rings. The average molecular weight is 374 g/mol. The molecular formula is C20H30N4O3. The van der Waals surface area contributed by atoms with Gasteiger partial charge in [0.15, 0.2) is 0 Å². The Morgan fingerprint density at radius 1 is 1.00 bits per heavy atom. The number of morpholine rings is 1. The summed E-state index contributed by atoms with van der Waals surface area (Å²) in [5.74, 6) is 0.205. The minimum Gasteiger partial charge on any atom is -0.381 e. The van der Waals surface area contributed by atoms with E-state index in [1.54, 1.807) is 6.20 Å². The zero-order chi connectivity index (χ0) is 18.5. The van der Waals surface area contributed by atoms with Crippen LogP contribution in [0.5, 0.6) is 0 Å². The number of carbonyl (C=O) groups excluding carboxylic acids is 1. The number of piperazine rings is 1. The topological polar surface area (TPSA) is 58.1 Å². The first-order chi connectivity index (χ1) is 13.3. The summed E-state index contributed by atoms with van der Waals surface area (Å²) in [7, 11) is 0. The summed E-state index contributed by atoms with van der Waals surface area (Å²) in [4.78, 5) is 24.5. The van der Waals surface area contributed by atoms with E-state index in [1.807, 2.05) is 23.2 Å². The molecule has 4 heterocycles. The molecule has 0 saturated carbocycles. The van der Waals surface area contributed by atoms with Gasteiger partial charge in [-0.15, -0.1) is 0 Å². The van der Waals surface area contributed by atoms with Crippen LogP contribution in [-0.4, -0.2) is 97.3 Å². The summed E-state index contributed by atoms with van der Waals surface area (Å²) in [6, 6.07) is 4.30. The minimum atomic E-state index is -0.253. The van der Waals surface area contributed by atoms with Gasteiger partial charge in [0.1, 0.15) is 6.04 Å². The van der Waals surface area contributed by atoms with Crippen LogP contribution in [-0.2, 0) is 14.3 Å². The van der Waals surface area contributed by atoms with Gasteiger partial charge in [-0.1, -0.05) is 6.07 Å². The second-order valence-corrected chi connectivity index (χ2v) is 7.54. The Bertz CT molecular complexity index is 595. The fourth-order valence-corrected chi connectivity index (χ4v) is 4.41. The van der Waals surface area contributed by atoms with Crippen LogP contribution in [0.25, 0.3) is 0 Å². The third-order valence-electron chi connectivity index (χ3n) is 5.98. The largest absolute Gasteiger partial charge is 0.381 e. The quantitative estimate of drug-likeness (QED) is 0.776. The maximum absolute atomic E-state index is 13.5. The van der Waals surface area contributed by atoms with Gasteiger partial charge < -0.3 is 14.4 Å². The Morgan fingerprint density at radius 3 is 2.37 bits per heavy atom. The summed E-state index contributed by atoms with van der Waals surface area (Å²) < 4.78 is 11.0. The van der Waals surface area contributed by atoms with E-state index < -0.39 is 0 Å². The lowest BCUT2D eigenvalue weighted by Gasteiger charge is -2.43. The minimum absolute atomic E-state index is 0.205. The van der Waals surface area contributed by atoms with Crippen molar-refractivity contribution in [2.75, 3.05) is 65.7 Å². The predicted molar refractivity (Wildman–Crippen MR) is 101 cm³/mol. The second-order valence-electron chi connectivity index (χ2n) is 7.54. The van der Waals surface area contributed by atoms with Crippen LogP contribution in [0.15, 0.2) is 24.5 Å². The molecule has 0 aromatic carbocycles. The summed E-state index contributed by atoms with van der Waals surface area (Å²) in [6.07, 6.45) is 5.81. The Morgan fingerprint density at radius 2 is 1.70 bits per heavy atom. The third kappa shape index (κ3) is 4.48. The standard InChI is InChI=1S/C20H30N4O3/c25-20(24-8-6-22(7-9-24)18-3-12-26-13-4-18)19(17-2-1-5-21-16-17)23-10-14-27-15-11-23/h1-2,5,16,18-19H,3-4,6-15H2. The fourth-order valence-electron chi connectivity index (χ4n) is 4.41. The van der Waals surface area contributed by atoms with E-state index in [9.17, 15) is 4.79 Å². The SMILES string of the molecule is O=C(C(c1cccnc1)N1CCOCC1)N1CCN(C2CCOCC2)CC1. The lowest BCUT2D eigenvalue weighted by atomic mass is 10.0. The molecule has 0 radical (unpaired) electrons. The van der Waals surface area contributed by atoms with Crippen molar-refractivity contribution < 1.29 is 14.3 Å². The smallest absolute Gasteiger partial charge is 0.244 e. The first-order valence-electron chi connectivity index (χ1n) is 10.2. The van der Waals surface area contributed by atoms with Gasteiger partial charge in [-0.25, -0.2) is 0 Å². The average Bonchev–Trinajstić information content (AvgIpc) is 2.76. The molecule has 4 rings (SSSR count). The van der Waals surface area contributed by atoms with E-state index in [2.05, 4.69) is 14.8 Å². The van der Waals surface area contributed by atoms with Crippen LogP contribution in [0, 0.1) is 0 Å². The molecule has 1 unspecified atom stereocenters. The van der Waals surface area contributed by atoms with E-state index in [4.69, 9.17) is 9.47 Å². The normalized spacial score (nSPS) is 24.7. The highest BCUT2D eigenvalue weighted by Crippen LogP contribution is 2.25. The molecule has 3 aliphatic heterocycles. The number of hydrogen-bond donors (Lipinski definition) is 0. The summed E-state index contributed by atoms with van der Waals surface area (Å²) in [6.45, 7) is 8.19. The van der Waals surface area contributed by atoms with Crippen molar-refractivity contribution in [1.82, 2.24) is 19.7 Å². The molecular weight excluding hydrogens is 344 g/mol. The number of hydrogen-bond acceptors (Lipinski definition) is 6. The van der Waals surface area contributed by atoms with Crippen LogP contribution in [0.3, 0.4) is 0 Å². The number of nitrogens with zero attached hydrogens (tertiary/aromatic N) is 4. The van der Waals surface area contributed by atoms with Crippen LogP contribution in [0.4, 0.5) is 0 Å². The maximum Gasteiger partial charge on any atom is 0.244 e. The van der Waals surface area contributed by atoms with Gasteiger partial charge in [0, 0.05) is 70.9 Å². The van der Waals surface area contributed by atoms with E-state index in [0.29, 0.717) is 19.3 Å². The van der Waals surface area contributed by atoms with Gasteiger partial charge in [0.2, 0.25) is 5.91 Å². The number of amides is 1. The number of pyridine rings is 1. The van der Waals surface area contributed by atoms with Gasteiger partial charge >= 0.3 is 0 Å². The fraction of sp³-hybridized carbons (Fsp3) is 0.700. The molecule has 27 heavy (non-hydrogen) atoms. The van der Waals surface area contributed by atoms with Crippen molar-refractivity contribution in [1.29, 1.82) is 0 Å². The lowest BCUT2D eigenvalue weighted by molar-refractivity contribution is -0.141. The zero-order valence-corrected chi connectivity index (χ0v) is 16.0. The molecule has 148 valence electrons. The van der Waals surface area contributed by atoms with Crippen LogP contribution in [0.1, 0.15) is 24.4 Å². The molecule has 0 bridgehead atoms. The molecule has 1 aromatic heterocycles. The molecule has 3 saturated heterocycles. The summed E-state index contributed by atoms with van der Waals surface area (Å²) in [5, 5.41) is 0. The molecule has 1 atom stereocenters. The number of carbonyl (C=O) groups is 1. The molecule has 1 amide bonds. The highest BCUT2D eigenvalue weighted by atomic mass is 16.5. The van der Waals surface area contributed by atoms with Gasteiger partial charge in [-0.3, -0.25) is 19.6 Å². The molecule has 7 nitrogen and oxygen atoms in total. The van der Waals surface area contributed by atoms with E-state index >= 15 is 0 Å². The first kappa shape index (κ1) is 18.8. The van der Waals surface area contributed by atoms with Crippen LogP contribution >= 0.6 is 0 Å². The summed E-state index contributed by atoms with van der Waals surface area (Å²) in [5.41, 5.74) is 0.983. The number of aromatic nitrogens is 1. The molecule has 0 N–H and O–H groups in total. The molecule has 0 aliphatic carbocycles. The molecule has 7 heteroatoms. The van der Waals surface area contributed by atoms with Crippen molar-refractivity contribution in [3.8, 4) is 0 Å². The van der Waals surface area contributed by atoms with Crippen molar-refractivity contribution in [3.05, 3.63) is 30.1 Å². The van der Waals surface area contributed by atoms with Gasteiger partial charge in [-0.2, -0.15) is 0 Å². The van der Waals surface area contributed by atoms with Crippen LogP contribution < -0.4 is 0 Å². The Kier molecular flexibility index (Phi) is 6.34. The third-order valence-corrected chi connectivity index (χ3v) is 5.98. The van der Waals surface area contributed by atoms with E-state index in [0.717, 1.165) is 70.9 Å². The maximum atomic E-state index is 13.5. The van der Waals surface area contributed by atoms with Gasteiger partial charge in [0.25, 0.3) is 0 Å². The Labute approximate surface area is 161 Å².